The highest BCUT2D eigenvalue weighted by Crippen LogP contribution is 2.45. The van der Waals surface area contributed by atoms with Crippen LogP contribution in [0.2, 0.25) is 0 Å². The maximum Gasteiger partial charge on any atom is 0.234 e. The molecule has 1 atom stereocenters. The monoisotopic (exact) mass is 466 g/mol. The van der Waals surface area contributed by atoms with E-state index in [0.717, 1.165) is 56.2 Å². The number of fused-ring (bicyclic) bond motifs is 4. The van der Waals surface area contributed by atoms with Crippen LogP contribution in [0.3, 0.4) is 0 Å². The highest BCUT2D eigenvalue weighted by molar-refractivity contribution is 6.57. The third-order valence-electron chi connectivity index (χ3n) is 7.51. The molecule has 0 amide bonds. The Morgan fingerprint density at radius 1 is 0.778 bits per heavy atom. The van der Waals surface area contributed by atoms with Gasteiger partial charge in [0.15, 0.2) is 0 Å². The summed E-state index contributed by atoms with van der Waals surface area (Å²) in [6.45, 7) is 0. The molecule has 1 N–H and O–H groups in total. The van der Waals surface area contributed by atoms with Crippen molar-refractivity contribution >= 4 is 50.7 Å². The minimum absolute atomic E-state index is 0.423. The predicted octanol–water partition coefficient (Wildman–Crippen LogP) is 6.50. The molecule has 2 heterocycles. The maximum atomic E-state index is 12.4. The molecule has 2 aliphatic heterocycles. The molecule has 1 spiro atoms. The fourth-order valence-electron chi connectivity index (χ4n) is 5.84. The first-order valence-corrected chi connectivity index (χ1v) is 11.9. The van der Waals surface area contributed by atoms with Crippen molar-refractivity contribution in [1.82, 2.24) is 0 Å². The number of nitrogens with zero attached hydrogens (tertiary/aromatic N) is 1. The second-order valence-corrected chi connectivity index (χ2v) is 9.60. The smallest absolute Gasteiger partial charge is 0.234 e. The van der Waals surface area contributed by atoms with E-state index in [1.165, 1.54) is 5.56 Å². The Morgan fingerprint density at radius 3 is 2.50 bits per heavy atom. The lowest BCUT2D eigenvalue weighted by Gasteiger charge is -2.31. The van der Waals surface area contributed by atoms with Gasteiger partial charge in [-0.2, -0.15) is 0 Å². The first kappa shape index (κ1) is 19.5. The van der Waals surface area contributed by atoms with E-state index >= 15 is 0 Å². The molecule has 0 aromatic heterocycles. The average molecular weight is 466 g/mol. The van der Waals surface area contributed by atoms with Crippen LogP contribution in [0.25, 0.3) is 32.7 Å². The molecule has 0 saturated carbocycles. The van der Waals surface area contributed by atoms with Crippen LogP contribution in [-0.4, -0.2) is 23.5 Å². The number of anilines is 1. The Labute approximate surface area is 206 Å². The van der Waals surface area contributed by atoms with E-state index in [4.69, 9.17) is 9.73 Å². The van der Waals surface area contributed by atoms with Crippen molar-refractivity contribution in [2.24, 2.45) is 4.99 Å². The fourth-order valence-corrected chi connectivity index (χ4v) is 5.84. The summed E-state index contributed by atoms with van der Waals surface area (Å²) in [5.74, 6) is -0.0952. The zero-order valence-corrected chi connectivity index (χ0v) is 19.0. The predicted molar refractivity (Wildman–Crippen MR) is 141 cm³/mol. The second-order valence-electron chi connectivity index (χ2n) is 9.60. The van der Waals surface area contributed by atoms with Gasteiger partial charge in [-0.1, -0.05) is 60.7 Å². The molecule has 5 heteroatoms. The summed E-state index contributed by atoms with van der Waals surface area (Å²) in [4.78, 5) is 29.7. The van der Waals surface area contributed by atoms with Gasteiger partial charge in [-0.3, -0.25) is 14.6 Å². The van der Waals surface area contributed by atoms with Gasteiger partial charge in [-0.25, -0.2) is 0 Å². The van der Waals surface area contributed by atoms with Gasteiger partial charge in [-0.15, -0.1) is 0 Å². The van der Waals surface area contributed by atoms with E-state index < -0.39 is 17.3 Å². The molecular weight excluding hydrogens is 448 g/mol. The standard InChI is InChI=1S/C31H18N2O3/c34-29-23-6-3-5-22-20(11-12-24(27(22)23)30(29)35)17-8-10-21-18(14-17)9-13-26-28(21)32-16-31(36-26)15-19-4-1-2-7-25(19)33-31/h1-14,16,33H,15H2. The molecule has 170 valence electrons. The summed E-state index contributed by atoms with van der Waals surface area (Å²) in [6, 6.07) is 27.8. The van der Waals surface area contributed by atoms with Gasteiger partial charge in [0.2, 0.25) is 17.3 Å². The molecule has 3 aliphatic rings. The molecule has 0 bridgehead atoms. The SMILES string of the molecule is O=C1C(=O)c2ccc(-c3ccc4c5c(ccc4c3)OC3(C=N5)Cc4ccccc4N3)c3cccc1c23. The molecule has 5 aromatic rings. The van der Waals surface area contributed by atoms with E-state index in [-0.39, 0.29) is 0 Å². The summed E-state index contributed by atoms with van der Waals surface area (Å²) in [7, 11) is 0. The van der Waals surface area contributed by atoms with Crippen molar-refractivity contribution in [1.29, 1.82) is 0 Å². The Morgan fingerprint density at radius 2 is 1.61 bits per heavy atom. The molecule has 0 radical (unpaired) electrons. The number of benzene rings is 5. The number of ether oxygens (including phenoxy) is 1. The number of hydrogen-bond donors (Lipinski definition) is 1. The number of nitrogens with one attached hydrogen (secondary N) is 1. The van der Waals surface area contributed by atoms with Gasteiger partial charge in [0.05, 0.1) is 6.21 Å². The lowest BCUT2D eigenvalue weighted by Crippen LogP contribution is -2.45. The number of aliphatic imine (C=N–C) groups is 1. The van der Waals surface area contributed by atoms with Gasteiger partial charge < -0.3 is 10.1 Å². The topological polar surface area (TPSA) is 67.8 Å². The maximum absolute atomic E-state index is 12.4. The number of para-hydroxylation sites is 1. The van der Waals surface area contributed by atoms with Crippen LogP contribution in [0.4, 0.5) is 11.4 Å². The highest BCUT2D eigenvalue weighted by Gasteiger charge is 2.40. The minimum atomic E-state index is -0.663. The van der Waals surface area contributed by atoms with Crippen LogP contribution in [0.1, 0.15) is 26.3 Å². The first-order valence-electron chi connectivity index (χ1n) is 11.9. The molecule has 8 rings (SSSR count). The normalized spacial score (nSPS) is 19.0. The first-order chi connectivity index (χ1) is 17.6. The van der Waals surface area contributed by atoms with Gasteiger partial charge in [0.25, 0.3) is 0 Å². The average Bonchev–Trinajstić information content (AvgIpc) is 3.39. The Balaban J connectivity index is 1.22. The van der Waals surface area contributed by atoms with Crippen molar-refractivity contribution in [2.75, 3.05) is 5.32 Å². The molecule has 1 unspecified atom stereocenters. The molecule has 5 nitrogen and oxygen atoms in total. The molecular formula is C31H18N2O3. The zero-order chi connectivity index (χ0) is 24.0. The van der Waals surface area contributed by atoms with Gasteiger partial charge in [-0.05, 0) is 51.7 Å². The van der Waals surface area contributed by atoms with Gasteiger partial charge in [0, 0.05) is 34.0 Å². The number of carbonyl (C=O) groups excluding carboxylic acids is 2. The van der Waals surface area contributed by atoms with Crippen molar-refractivity contribution in [3.63, 3.8) is 0 Å². The zero-order valence-electron chi connectivity index (χ0n) is 19.0. The number of Topliss-reactive ketones (excluding diaryl/α,β-unsaturated/α-hetero) is 2. The largest absolute Gasteiger partial charge is 0.460 e. The van der Waals surface area contributed by atoms with Crippen molar-refractivity contribution in [3.8, 4) is 16.9 Å². The van der Waals surface area contributed by atoms with Crippen LogP contribution >= 0.6 is 0 Å². The Bertz CT molecular complexity index is 1820. The van der Waals surface area contributed by atoms with Crippen molar-refractivity contribution < 1.29 is 14.3 Å². The van der Waals surface area contributed by atoms with Crippen LogP contribution < -0.4 is 10.1 Å². The molecule has 0 saturated heterocycles. The molecule has 5 aromatic carbocycles. The quantitative estimate of drug-likeness (QED) is 0.287. The highest BCUT2D eigenvalue weighted by atomic mass is 16.5. The summed E-state index contributed by atoms with van der Waals surface area (Å²) >= 11 is 0. The van der Waals surface area contributed by atoms with Crippen molar-refractivity contribution in [2.45, 2.75) is 12.1 Å². The number of ketones is 2. The van der Waals surface area contributed by atoms with Crippen LogP contribution in [0.15, 0.2) is 89.9 Å². The molecule has 36 heavy (non-hydrogen) atoms. The minimum Gasteiger partial charge on any atom is -0.460 e. The van der Waals surface area contributed by atoms with E-state index in [1.807, 2.05) is 42.6 Å². The third kappa shape index (κ3) is 2.52. The molecule has 1 aliphatic carbocycles. The number of carbonyl (C=O) groups is 2. The second kappa shape index (κ2) is 6.67. The van der Waals surface area contributed by atoms with E-state index in [1.54, 1.807) is 12.1 Å². The van der Waals surface area contributed by atoms with Gasteiger partial charge >= 0.3 is 0 Å². The van der Waals surface area contributed by atoms with Crippen molar-refractivity contribution in [3.05, 3.63) is 102 Å². The molecule has 0 fully saturated rings. The van der Waals surface area contributed by atoms with Gasteiger partial charge in [0.1, 0.15) is 11.4 Å². The van der Waals surface area contributed by atoms with E-state index in [0.29, 0.717) is 11.1 Å². The number of rotatable bonds is 1. The lowest BCUT2D eigenvalue weighted by molar-refractivity contribution is 0.0825. The van der Waals surface area contributed by atoms with E-state index in [9.17, 15) is 9.59 Å². The Hall–Kier alpha value is -4.77. The van der Waals surface area contributed by atoms with E-state index in [2.05, 4.69) is 41.7 Å². The summed E-state index contributed by atoms with van der Waals surface area (Å²) in [6.07, 6.45) is 2.60. The lowest BCUT2D eigenvalue weighted by atomic mass is 9.93. The summed E-state index contributed by atoms with van der Waals surface area (Å²) in [5, 5.41) is 7.21. The number of hydrogen-bond acceptors (Lipinski definition) is 5. The third-order valence-corrected chi connectivity index (χ3v) is 7.51. The summed E-state index contributed by atoms with van der Waals surface area (Å²) in [5.41, 5.74) is 5.44. The van der Waals surface area contributed by atoms with Crippen LogP contribution in [-0.2, 0) is 6.42 Å². The Kier molecular flexibility index (Phi) is 3.62. The van der Waals surface area contributed by atoms with Crippen LogP contribution in [0.5, 0.6) is 5.75 Å². The fraction of sp³-hybridized carbons (Fsp3) is 0.0645. The summed E-state index contributed by atoms with van der Waals surface area (Å²) < 4.78 is 6.47. The van der Waals surface area contributed by atoms with Crippen LogP contribution in [0, 0.1) is 0 Å².